The summed E-state index contributed by atoms with van der Waals surface area (Å²) in [5.74, 6) is 0.378. The lowest BCUT2D eigenvalue weighted by Gasteiger charge is -2.16. The van der Waals surface area contributed by atoms with Gasteiger partial charge in [-0.05, 0) is 41.6 Å². The molecule has 0 saturated carbocycles. The molecule has 0 atom stereocenters. The van der Waals surface area contributed by atoms with Crippen molar-refractivity contribution in [2.75, 3.05) is 11.9 Å². The molecule has 0 aliphatic heterocycles. The fourth-order valence-corrected chi connectivity index (χ4v) is 2.31. The minimum absolute atomic E-state index is 0.0366. The van der Waals surface area contributed by atoms with Crippen LogP contribution in [-0.2, 0) is 11.3 Å². The highest BCUT2D eigenvalue weighted by atomic mass is 79.9. The number of nitrogens with zero attached hydrogens (tertiary/aromatic N) is 5. The molecule has 1 aromatic heterocycles. The number of carbonyl (C=O) groups is 1. The van der Waals surface area contributed by atoms with Gasteiger partial charge in [0.1, 0.15) is 6.54 Å². The van der Waals surface area contributed by atoms with Crippen LogP contribution in [-0.4, -0.2) is 33.2 Å². The number of benzene rings is 2. The predicted octanol–water partition coefficient (Wildman–Crippen LogP) is 2.77. The molecular formula is C16H14BrN5O. The number of anilines is 1. The van der Waals surface area contributed by atoms with Crippen LogP contribution in [0.2, 0.25) is 0 Å². The molecule has 1 heterocycles. The van der Waals surface area contributed by atoms with E-state index in [4.69, 9.17) is 0 Å². The van der Waals surface area contributed by atoms with Crippen molar-refractivity contribution < 1.29 is 4.79 Å². The number of halogens is 1. The third-order valence-corrected chi connectivity index (χ3v) is 3.88. The van der Waals surface area contributed by atoms with Crippen LogP contribution in [0.4, 0.5) is 5.69 Å². The molecular weight excluding hydrogens is 358 g/mol. The number of amides is 1. The molecule has 3 rings (SSSR count). The van der Waals surface area contributed by atoms with Crippen molar-refractivity contribution in [1.82, 2.24) is 20.2 Å². The predicted molar refractivity (Wildman–Crippen MR) is 90.8 cm³/mol. The van der Waals surface area contributed by atoms with Crippen LogP contribution in [0.3, 0.4) is 0 Å². The van der Waals surface area contributed by atoms with Crippen LogP contribution in [0, 0.1) is 0 Å². The Bertz CT molecular complexity index is 801. The zero-order valence-electron chi connectivity index (χ0n) is 12.4. The molecule has 2 aromatic carbocycles. The van der Waals surface area contributed by atoms with Crippen molar-refractivity contribution in [3.63, 3.8) is 0 Å². The van der Waals surface area contributed by atoms with Gasteiger partial charge in [0.2, 0.25) is 11.7 Å². The molecule has 1 amide bonds. The largest absolute Gasteiger partial charge is 0.314 e. The Morgan fingerprint density at radius 3 is 2.52 bits per heavy atom. The molecule has 0 saturated heterocycles. The van der Waals surface area contributed by atoms with Gasteiger partial charge in [-0.25, -0.2) is 0 Å². The zero-order valence-corrected chi connectivity index (χ0v) is 14.0. The first-order valence-corrected chi connectivity index (χ1v) is 7.78. The summed E-state index contributed by atoms with van der Waals surface area (Å²) < 4.78 is 0.980. The zero-order chi connectivity index (χ0) is 16.2. The molecule has 0 radical (unpaired) electrons. The van der Waals surface area contributed by atoms with E-state index < -0.39 is 0 Å². The van der Waals surface area contributed by atoms with Crippen molar-refractivity contribution in [1.29, 1.82) is 0 Å². The summed E-state index contributed by atoms with van der Waals surface area (Å²) in [4.78, 5) is 15.2. The number of likely N-dealkylation sites (N-methyl/N-ethyl adjacent to an activating group) is 1. The summed E-state index contributed by atoms with van der Waals surface area (Å²) >= 11 is 3.38. The molecule has 0 spiro atoms. The van der Waals surface area contributed by atoms with Crippen molar-refractivity contribution in [2.24, 2.45) is 0 Å². The van der Waals surface area contributed by atoms with Crippen molar-refractivity contribution in [3.8, 4) is 11.4 Å². The van der Waals surface area contributed by atoms with E-state index in [1.807, 2.05) is 54.6 Å². The molecule has 7 heteroatoms. The molecule has 3 aromatic rings. The molecule has 0 unspecified atom stereocenters. The van der Waals surface area contributed by atoms with Crippen LogP contribution in [0.15, 0.2) is 59.1 Å². The van der Waals surface area contributed by atoms with Crippen molar-refractivity contribution >= 4 is 27.5 Å². The van der Waals surface area contributed by atoms with E-state index in [0.717, 1.165) is 15.7 Å². The maximum atomic E-state index is 12.3. The quantitative estimate of drug-likeness (QED) is 0.707. The summed E-state index contributed by atoms with van der Waals surface area (Å²) in [5.41, 5.74) is 1.68. The molecule has 0 bridgehead atoms. The minimum atomic E-state index is -0.115. The number of carbonyl (C=O) groups excluding carboxylic acids is 1. The van der Waals surface area contributed by atoms with Gasteiger partial charge in [0, 0.05) is 22.8 Å². The van der Waals surface area contributed by atoms with Crippen LogP contribution >= 0.6 is 15.9 Å². The average Bonchev–Trinajstić information content (AvgIpc) is 3.04. The summed E-state index contributed by atoms with van der Waals surface area (Å²) in [6, 6.07) is 17.0. The smallest absolute Gasteiger partial charge is 0.250 e. The third kappa shape index (κ3) is 3.62. The first-order chi connectivity index (χ1) is 11.1. The number of para-hydroxylation sites is 1. The molecule has 6 nitrogen and oxygen atoms in total. The first-order valence-electron chi connectivity index (χ1n) is 6.99. The third-order valence-electron chi connectivity index (χ3n) is 3.35. The lowest BCUT2D eigenvalue weighted by Crippen LogP contribution is -2.30. The van der Waals surface area contributed by atoms with Gasteiger partial charge in [-0.1, -0.05) is 34.1 Å². The summed E-state index contributed by atoms with van der Waals surface area (Å²) in [6.07, 6.45) is 0. The molecule has 0 N–H and O–H groups in total. The number of tetrazole rings is 1. The van der Waals surface area contributed by atoms with Gasteiger partial charge in [0.05, 0.1) is 0 Å². The van der Waals surface area contributed by atoms with E-state index in [2.05, 4.69) is 31.3 Å². The van der Waals surface area contributed by atoms with E-state index in [0.29, 0.717) is 5.82 Å². The Balaban J connectivity index is 1.71. The van der Waals surface area contributed by atoms with Gasteiger partial charge < -0.3 is 4.90 Å². The molecule has 116 valence electrons. The summed E-state index contributed by atoms with van der Waals surface area (Å²) in [6.45, 7) is 0.0366. The highest BCUT2D eigenvalue weighted by Crippen LogP contribution is 2.17. The lowest BCUT2D eigenvalue weighted by molar-refractivity contribution is -0.119. The van der Waals surface area contributed by atoms with Gasteiger partial charge in [-0.2, -0.15) is 4.80 Å². The van der Waals surface area contributed by atoms with Gasteiger partial charge in [0.15, 0.2) is 0 Å². The number of aromatic nitrogens is 4. The monoisotopic (exact) mass is 371 g/mol. The number of hydrogen-bond acceptors (Lipinski definition) is 4. The summed E-state index contributed by atoms with van der Waals surface area (Å²) in [7, 11) is 1.73. The van der Waals surface area contributed by atoms with Crippen LogP contribution < -0.4 is 4.90 Å². The maximum Gasteiger partial charge on any atom is 0.250 e. The molecule has 23 heavy (non-hydrogen) atoms. The van der Waals surface area contributed by atoms with Gasteiger partial charge >= 0.3 is 0 Å². The van der Waals surface area contributed by atoms with Crippen LogP contribution in [0.25, 0.3) is 11.4 Å². The minimum Gasteiger partial charge on any atom is -0.314 e. The maximum absolute atomic E-state index is 12.3. The lowest BCUT2D eigenvalue weighted by atomic mass is 10.2. The van der Waals surface area contributed by atoms with Gasteiger partial charge in [-0.3, -0.25) is 4.79 Å². The van der Waals surface area contributed by atoms with Crippen LogP contribution in [0.1, 0.15) is 0 Å². The standard InChI is InChI=1S/C16H14BrN5O/c1-21(14-5-3-2-4-6-14)15(23)11-22-19-16(18-20-22)12-7-9-13(17)10-8-12/h2-10H,11H2,1H3. The Kier molecular flexibility index (Phi) is 4.47. The fourth-order valence-electron chi connectivity index (χ4n) is 2.05. The van der Waals surface area contributed by atoms with E-state index in [-0.39, 0.29) is 12.5 Å². The van der Waals surface area contributed by atoms with Crippen LogP contribution in [0.5, 0.6) is 0 Å². The highest BCUT2D eigenvalue weighted by molar-refractivity contribution is 9.10. The Hall–Kier alpha value is -2.54. The van der Waals surface area contributed by atoms with E-state index >= 15 is 0 Å². The van der Waals surface area contributed by atoms with Crippen molar-refractivity contribution in [3.05, 3.63) is 59.1 Å². The second kappa shape index (κ2) is 6.70. The fraction of sp³-hybridized carbons (Fsp3) is 0.125. The molecule has 0 aliphatic rings. The van der Waals surface area contributed by atoms with Gasteiger partial charge in [0.25, 0.3) is 0 Å². The second-order valence-electron chi connectivity index (χ2n) is 4.94. The Morgan fingerprint density at radius 1 is 1.13 bits per heavy atom. The normalized spacial score (nSPS) is 10.5. The highest BCUT2D eigenvalue weighted by Gasteiger charge is 2.14. The summed E-state index contributed by atoms with van der Waals surface area (Å²) in [5, 5.41) is 12.2. The number of rotatable bonds is 4. The van der Waals surface area contributed by atoms with E-state index in [1.165, 1.54) is 4.80 Å². The topological polar surface area (TPSA) is 63.9 Å². The Morgan fingerprint density at radius 2 is 1.83 bits per heavy atom. The SMILES string of the molecule is CN(C(=O)Cn1nnc(-c2ccc(Br)cc2)n1)c1ccccc1. The van der Waals surface area contributed by atoms with E-state index in [9.17, 15) is 4.79 Å². The molecule has 0 aliphatic carbocycles. The number of hydrogen-bond donors (Lipinski definition) is 0. The Labute approximate surface area is 141 Å². The van der Waals surface area contributed by atoms with E-state index in [1.54, 1.807) is 11.9 Å². The second-order valence-corrected chi connectivity index (χ2v) is 5.85. The molecule has 0 fully saturated rings. The first kappa shape index (κ1) is 15.4. The average molecular weight is 372 g/mol. The van der Waals surface area contributed by atoms with Crippen molar-refractivity contribution in [2.45, 2.75) is 6.54 Å². The van der Waals surface area contributed by atoms with Gasteiger partial charge in [-0.15, -0.1) is 10.2 Å².